The van der Waals surface area contributed by atoms with E-state index in [-0.39, 0.29) is 24.1 Å². The fourth-order valence-electron chi connectivity index (χ4n) is 3.53. The Morgan fingerprint density at radius 3 is 2.66 bits per heavy atom. The van der Waals surface area contributed by atoms with Crippen molar-refractivity contribution in [3.63, 3.8) is 0 Å². The molecule has 3 rings (SSSR count). The Bertz CT molecular complexity index is 1150. The molecule has 2 N–H and O–H groups in total. The van der Waals surface area contributed by atoms with Crippen LogP contribution >= 0.6 is 15.9 Å². The number of unbranched alkanes of at least 4 members (excludes halogenated alkanes) is 2. The number of hydrogen-bond acceptors (Lipinski definition) is 4. The van der Waals surface area contributed by atoms with E-state index in [1.54, 1.807) is 10.6 Å². The lowest BCUT2D eigenvalue weighted by atomic mass is 10.1. The van der Waals surface area contributed by atoms with Gasteiger partial charge in [-0.05, 0) is 66.9 Å². The summed E-state index contributed by atoms with van der Waals surface area (Å²) in [6.07, 6.45) is 2.49. The second-order valence-electron chi connectivity index (χ2n) is 7.58. The molecule has 32 heavy (non-hydrogen) atoms. The molecule has 2 amide bonds. The predicted molar refractivity (Wildman–Crippen MR) is 128 cm³/mol. The lowest BCUT2D eigenvalue weighted by molar-refractivity contribution is -0.118. The highest BCUT2D eigenvalue weighted by atomic mass is 79.9. The van der Waals surface area contributed by atoms with E-state index >= 15 is 0 Å². The monoisotopic (exact) mass is 498 g/mol. The fourth-order valence-corrected chi connectivity index (χ4v) is 4.00. The topological polar surface area (TPSA) is 96.0 Å². The minimum Gasteiger partial charge on any atom is -0.493 e. The molecule has 8 heteroatoms. The van der Waals surface area contributed by atoms with Crippen molar-refractivity contribution < 1.29 is 14.7 Å². The maximum Gasteiger partial charge on any atom is 0.264 e. The number of amides is 2. The van der Waals surface area contributed by atoms with Crippen LogP contribution in [0.15, 0.2) is 57.2 Å². The summed E-state index contributed by atoms with van der Waals surface area (Å²) in [5.41, 5.74) is 2.83. The van der Waals surface area contributed by atoms with Gasteiger partial charge in [-0.15, -0.1) is 10.2 Å². The van der Waals surface area contributed by atoms with Crippen molar-refractivity contribution in [1.82, 2.24) is 9.88 Å². The minimum atomic E-state index is -0.327. The molecule has 0 atom stereocenters. The molecule has 0 aliphatic rings. The summed E-state index contributed by atoms with van der Waals surface area (Å²) in [6.45, 7) is 5.03. The molecule has 0 bridgehead atoms. The summed E-state index contributed by atoms with van der Waals surface area (Å²) < 4.78 is 2.51. The lowest BCUT2D eigenvalue weighted by Crippen LogP contribution is -2.24. The Balaban J connectivity index is 1.47. The van der Waals surface area contributed by atoms with Crippen LogP contribution < -0.4 is 5.32 Å². The third-order valence-electron chi connectivity index (χ3n) is 5.21. The van der Waals surface area contributed by atoms with Crippen molar-refractivity contribution in [2.45, 2.75) is 46.1 Å². The number of carbonyl (C=O) groups excluding carboxylic acids is 2. The highest BCUT2D eigenvalue weighted by molar-refractivity contribution is 9.10. The first-order valence-electron chi connectivity index (χ1n) is 10.7. The average Bonchev–Trinajstić information content (AvgIpc) is 3.04. The first-order valence-corrected chi connectivity index (χ1v) is 11.5. The molecule has 0 unspecified atom stereocenters. The molecule has 0 spiro atoms. The van der Waals surface area contributed by atoms with Gasteiger partial charge < -0.3 is 15.0 Å². The van der Waals surface area contributed by atoms with Crippen LogP contribution in [0.25, 0.3) is 10.9 Å². The van der Waals surface area contributed by atoms with Gasteiger partial charge in [0, 0.05) is 29.4 Å². The first-order chi connectivity index (χ1) is 15.4. The molecule has 0 aliphatic heterocycles. The highest BCUT2D eigenvalue weighted by Gasteiger charge is 2.16. The van der Waals surface area contributed by atoms with Crippen LogP contribution in [0.2, 0.25) is 0 Å². The number of benzene rings is 2. The van der Waals surface area contributed by atoms with Crippen LogP contribution in [0.5, 0.6) is 5.88 Å². The van der Waals surface area contributed by atoms with Crippen LogP contribution in [0.4, 0.5) is 5.69 Å². The Labute approximate surface area is 195 Å². The zero-order chi connectivity index (χ0) is 23.1. The number of aromatic nitrogens is 1. The zero-order valence-corrected chi connectivity index (χ0v) is 19.9. The van der Waals surface area contributed by atoms with Crippen LogP contribution in [-0.2, 0) is 11.3 Å². The third kappa shape index (κ3) is 5.62. The molecule has 7 nitrogen and oxygen atoms in total. The number of carbonyl (C=O) groups is 2. The average molecular weight is 499 g/mol. The molecular weight excluding hydrogens is 472 g/mol. The van der Waals surface area contributed by atoms with Gasteiger partial charge in [-0.2, -0.15) is 0 Å². The molecule has 0 saturated carbocycles. The van der Waals surface area contributed by atoms with Crippen molar-refractivity contribution in [3.05, 3.63) is 58.1 Å². The molecule has 1 heterocycles. The number of rotatable bonds is 9. The number of fused-ring (bicyclic) bond motifs is 1. The van der Waals surface area contributed by atoms with Gasteiger partial charge in [-0.3, -0.25) is 9.59 Å². The number of aromatic hydroxyl groups is 1. The molecule has 0 aliphatic carbocycles. The Hall–Kier alpha value is -3.00. The SMILES string of the molecule is CCn1c(O)c(N=NC(=O)CCCCCNC(=O)c2ccccc2Br)c2cc(C)ccc21. The van der Waals surface area contributed by atoms with E-state index in [9.17, 15) is 14.7 Å². The fraction of sp³-hybridized carbons (Fsp3) is 0.333. The van der Waals surface area contributed by atoms with Crippen molar-refractivity contribution in [3.8, 4) is 5.88 Å². The van der Waals surface area contributed by atoms with E-state index in [4.69, 9.17) is 0 Å². The van der Waals surface area contributed by atoms with Crippen LogP contribution in [0.3, 0.4) is 0 Å². The molecule has 3 aromatic rings. The van der Waals surface area contributed by atoms with Gasteiger partial charge in [0.05, 0.1) is 11.1 Å². The second kappa shape index (κ2) is 11.0. The number of halogens is 1. The maximum absolute atomic E-state index is 12.1. The van der Waals surface area contributed by atoms with E-state index in [1.807, 2.05) is 50.2 Å². The zero-order valence-electron chi connectivity index (χ0n) is 18.3. The van der Waals surface area contributed by atoms with Gasteiger partial charge >= 0.3 is 0 Å². The van der Waals surface area contributed by atoms with E-state index in [0.717, 1.165) is 33.8 Å². The van der Waals surface area contributed by atoms with Gasteiger partial charge in [0.15, 0.2) is 5.69 Å². The lowest BCUT2D eigenvalue weighted by Gasteiger charge is -2.06. The summed E-state index contributed by atoms with van der Waals surface area (Å²) in [5.74, 6) is -0.430. The smallest absolute Gasteiger partial charge is 0.264 e. The van der Waals surface area contributed by atoms with Crippen molar-refractivity contribution in [2.75, 3.05) is 6.54 Å². The molecular formula is C24H27BrN4O3. The van der Waals surface area contributed by atoms with Gasteiger partial charge in [0.25, 0.3) is 11.8 Å². The molecule has 0 fully saturated rings. The largest absolute Gasteiger partial charge is 0.493 e. The van der Waals surface area contributed by atoms with Gasteiger partial charge in [0.2, 0.25) is 5.88 Å². The Kier molecular flexibility index (Phi) is 8.16. The summed E-state index contributed by atoms with van der Waals surface area (Å²) >= 11 is 3.37. The second-order valence-corrected chi connectivity index (χ2v) is 8.43. The molecule has 1 aromatic heterocycles. The normalized spacial score (nSPS) is 11.3. The third-order valence-corrected chi connectivity index (χ3v) is 5.91. The Morgan fingerprint density at radius 1 is 1.12 bits per heavy atom. The molecule has 2 aromatic carbocycles. The standard InChI is InChI=1S/C24H27BrN4O3/c1-3-29-20-13-12-16(2)15-18(20)22(24(29)32)28-27-21(30)11-5-4-8-14-26-23(31)17-9-6-7-10-19(17)25/h6-7,9-10,12-13,15,32H,3-5,8,11,14H2,1-2H3,(H,26,31). The molecule has 168 valence electrons. The van der Waals surface area contributed by atoms with Crippen molar-refractivity contribution in [2.24, 2.45) is 10.2 Å². The predicted octanol–water partition coefficient (Wildman–Crippen LogP) is 6.04. The van der Waals surface area contributed by atoms with E-state index in [2.05, 4.69) is 31.5 Å². The number of nitrogens with one attached hydrogen (secondary N) is 1. The summed E-state index contributed by atoms with van der Waals surface area (Å²) in [6, 6.07) is 13.1. The van der Waals surface area contributed by atoms with E-state index in [1.165, 1.54) is 0 Å². The van der Waals surface area contributed by atoms with Crippen LogP contribution in [0, 0.1) is 6.92 Å². The van der Waals surface area contributed by atoms with Crippen molar-refractivity contribution >= 4 is 44.3 Å². The van der Waals surface area contributed by atoms with Crippen LogP contribution in [0.1, 0.15) is 48.5 Å². The van der Waals surface area contributed by atoms with Gasteiger partial charge in [0.1, 0.15) is 0 Å². The number of aryl methyl sites for hydroxylation is 2. The first kappa shape index (κ1) is 23.7. The number of nitrogens with zero attached hydrogens (tertiary/aromatic N) is 3. The quantitative estimate of drug-likeness (QED) is 0.278. The van der Waals surface area contributed by atoms with E-state index < -0.39 is 0 Å². The maximum atomic E-state index is 12.1. The summed E-state index contributed by atoms with van der Waals surface area (Å²) in [7, 11) is 0. The Morgan fingerprint density at radius 2 is 1.91 bits per heavy atom. The minimum absolute atomic E-state index is 0.0189. The number of hydrogen-bond donors (Lipinski definition) is 2. The molecule has 0 saturated heterocycles. The van der Waals surface area contributed by atoms with Gasteiger partial charge in [-0.1, -0.05) is 30.2 Å². The summed E-state index contributed by atoms with van der Waals surface area (Å²) in [5, 5.41) is 22.0. The summed E-state index contributed by atoms with van der Waals surface area (Å²) in [4.78, 5) is 24.3. The van der Waals surface area contributed by atoms with E-state index in [0.29, 0.717) is 30.8 Å². The van der Waals surface area contributed by atoms with Gasteiger partial charge in [-0.25, -0.2) is 0 Å². The van der Waals surface area contributed by atoms with Crippen molar-refractivity contribution in [1.29, 1.82) is 0 Å². The number of azo groups is 1. The van der Waals surface area contributed by atoms with Crippen LogP contribution in [-0.4, -0.2) is 28.0 Å². The highest BCUT2D eigenvalue weighted by Crippen LogP contribution is 2.39. The molecule has 0 radical (unpaired) electrons.